The second-order valence-corrected chi connectivity index (χ2v) is 3.15. The van der Waals surface area contributed by atoms with E-state index in [1.54, 1.807) is 14.2 Å². The van der Waals surface area contributed by atoms with Crippen molar-refractivity contribution in [3.05, 3.63) is 18.1 Å². The van der Waals surface area contributed by atoms with Gasteiger partial charge in [0.2, 0.25) is 0 Å². The molecular formula is C9H15N5O2. The van der Waals surface area contributed by atoms with Crippen LogP contribution in [0.2, 0.25) is 0 Å². The van der Waals surface area contributed by atoms with Crippen LogP contribution in [0.5, 0.6) is 0 Å². The summed E-state index contributed by atoms with van der Waals surface area (Å²) in [5.74, 6) is 5.31. The minimum atomic E-state index is -0.221. The molecule has 7 heteroatoms. The molecule has 0 fully saturated rings. The molecule has 0 aliphatic carbocycles. The van der Waals surface area contributed by atoms with Crippen LogP contribution in [0, 0.1) is 0 Å². The minimum Gasteiger partial charge on any atom is -0.383 e. The van der Waals surface area contributed by atoms with E-state index < -0.39 is 0 Å². The van der Waals surface area contributed by atoms with Crippen molar-refractivity contribution in [1.29, 1.82) is 0 Å². The maximum atomic E-state index is 11.8. The molecule has 0 spiro atoms. The fourth-order valence-electron chi connectivity index (χ4n) is 1.06. The van der Waals surface area contributed by atoms with Gasteiger partial charge in [0.1, 0.15) is 5.69 Å². The summed E-state index contributed by atoms with van der Waals surface area (Å²) in [4.78, 5) is 21.2. The van der Waals surface area contributed by atoms with Crippen molar-refractivity contribution in [3.8, 4) is 0 Å². The molecule has 7 nitrogen and oxygen atoms in total. The second kappa shape index (κ2) is 5.99. The van der Waals surface area contributed by atoms with Gasteiger partial charge in [-0.25, -0.2) is 10.8 Å². The van der Waals surface area contributed by atoms with E-state index in [9.17, 15) is 4.79 Å². The number of amides is 1. The Hall–Kier alpha value is -1.73. The SMILES string of the molecule is COCCN(C)C(=O)c1cncc(NN)n1. The molecule has 0 aliphatic rings. The van der Waals surface area contributed by atoms with Gasteiger partial charge in [-0.05, 0) is 0 Å². The van der Waals surface area contributed by atoms with Crippen molar-refractivity contribution >= 4 is 11.7 Å². The van der Waals surface area contributed by atoms with E-state index in [4.69, 9.17) is 10.6 Å². The summed E-state index contributed by atoms with van der Waals surface area (Å²) in [7, 11) is 3.25. The van der Waals surface area contributed by atoms with E-state index >= 15 is 0 Å². The molecular weight excluding hydrogens is 210 g/mol. The number of nitrogens with zero attached hydrogens (tertiary/aromatic N) is 3. The molecule has 1 aromatic heterocycles. The lowest BCUT2D eigenvalue weighted by Crippen LogP contribution is -2.30. The number of hydrogen-bond donors (Lipinski definition) is 2. The molecule has 0 aliphatic heterocycles. The Kier molecular flexibility index (Phi) is 4.62. The van der Waals surface area contributed by atoms with Crippen molar-refractivity contribution in [3.63, 3.8) is 0 Å². The van der Waals surface area contributed by atoms with E-state index in [2.05, 4.69) is 15.4 Å². The summed E-state index contributed by atoms with van der Waals surface area (Å²) in [5, 5.41) is 0. The van der Waals surface area contributed by atoms with E-state index in [0.717, 1.165) is 0 Å². The summed E-state index contributed by atoms with van der Waals surface area (Å²) < 4.78 is 4.88. The van der Waals surface area contributed by atoms with Gasteiger partial charge in [-0.15, -0.1) is 0 Å². The normalized spacial score (nSPS) is 9.94. The first-order valence-electron chi connectivity index (χ1n) is 4.72. The van der Waals surface area contributed by atoms with Gasteiger partial charge in [-0.1, -0.05) is 0 Å². The Bertz CT molecular complexity index is 358. The van der Waals surface area contributed by atoms with Crippen molar-refractivity contribution in [2.24, 2.45) is 5.84 Å². The number of rotatable bonds is 5. The molecule has 1 heterocycles. The van der Waals surface area contributed by atoms with Gasteiger partial charge in [-0.2, -0.15) is 0 Å². The van der Waals surface area contributed by atoms with Crippen LogP contribution < -0.4 is 11.3 Å². The number of methoxy groups -OCH3 is 1. The van der Waals surface area contributed by atoms with Crippen molar-refractivity contribution in [2.75, 3.05) is 32.7 Å². The summed E-state index contributed by atoms with van der Waals surface area (Å²) in [5.41, 5.74) is 2.58. The predicted octanol–water partition coefficient (Wildman–Crippen LogP) is -0.519. The lowest BCUT2D eigenvalue weighted by molar-refractivity contribution is 0.0738. The van der Waals surface area contributed by atoms with E-state index in [1.165, 1.54) is 17.3 Å². The van der Waals surface area contributed by atoms with Gasteiger partial charge >= 0.3 is 0 Å². The minimum absolute atomic E-state index is 0.221. The fraction of sp³-hybridized carbons (Fsp3) is 0.444. The lowest BCUT2D eigenvalue weighted by atomic mass is 10.4. The third-order valence-corrected chi connectivity index (χ3v) is 1.98. The molecule has 0 aromatic carbocycles. The lowest BCUT2D eigenvalue weighted by Gasteiger charge is -2.15. The van der Waals surface area contributed by atoms with Gasteiger partial charge in [0.05, 0.1) is 19.0 Å². The zero-order valence-electron chi connectivity index (χ0n) is 9.30. The number of nitrogens with two attached hydrogens (primary N) is 1. The number of nitrogen functional groups attached to an aromatic ring is 1. The van der Waals surface area contributed by atoms with Crippen LogP contribution >= 0.6 is 0 Å². The van der Waals surface area contributed by atoms with Crippen LogP contribution in [-0.2, 0) is 4.74 Å². The highest BCUT2D eigenvalue weighted by molar-refractivity contribution is 5.92. The van der Waals surface area contributed by atoms with E-state index in [1.807, 2.05) is 0 Å². The van der Waals surface area contributed by atoms with Crippen LogP contribution in [0.1, 0.15) is 10.5 Å². The Labute approximate surface area is 93.6 Å². The number of likely N-dealkylation sites (N-methyl/N-ethyl adjacent to an activating group) is 1. The highest BCUT2D eigenvalue weighted by Crippen LogP contribution is 2.03. The van der Waals surface area contributed by atoms with Gasteiger partial charge < -0.3 is 15.1 Å². The molecule has 0 saturated heterocycles. The third kappa shape index (κ3) is 3.14. The van der Waals surface area contributed by atoms with Crippen LogP contribution in [0.4, 0.5) is 5.82 Å². The molecule has 1 aromatic rings. The number of hydrazine groups is 1. The zero-order valence-corrected chi connectivity index (χ0v) is 9.30. The molecule has 0 atom stereocenters. The molecule has 0 unspecified atom stereocenters. The van der Waals surface area contributed by atoms with Crippen LogP contribution in [0.15, 0.2) is 12.4 Å². The van der Waals surface area contributed by atoms with Crippen molar-refractivity contribution < 1.29 is 9.53 Å². The molecule has 0 saturated carbocycles. The average molecular weight is 225 g/mol. The Morgan fingerprint density at radius 2 is 2.38 bits per heavy atom. The van der Waals surface area contributed by atoms with Crippen LogP contribution in [0.25, 0.3) is 0 Å². The second-order valence-electron chi connectivity index (χ2n) is 3.15. The number of aromatic nitrogens is 2. The standard InChI is InChI=1S/C9H15N5O2/c1-14(3-4-16-2)9(15)7-5-11-6-8(12-7)13-10/h5-6H,3-4,10H2,1-2H3,(H,12,13). The number of ether oxygens (including phenoxy) is 1. The molecule has 0 bridgehead atoms. The van der Waals surface area contributed by atoms with Crippen LogP contribution in [-0.4, -0.2) is 48.1 Å². The number of anilines is 1. The molecule has 88 valence electrons. The molecule has 1 rings (SSSR count). The molecule has 1 amide bonds. The molecule has 3 N–H and O–H groups in total. The summed E-state index contributed by atoms with van der Waals surface area (Å²) in [6, 6.07) is 0. The molecule has 16 heavy (non-hydrogen) atoms. The smallest absolute Gasteiger partial charge is 0.273 e. The van der Waals surface area contributed by atoms with Crippen molar-refractivity contribution in [2.45, 2.75) is 0 Å². The Morgan fingerprint density at radius 1 is 1.62 bits per heavy atom. The van der Waals surface area contributed by atoms with Gasteiger partial charge in [0, 0.05) is 20.7 Å². The number of carbonyl (C=O) groups is 1. The maximum Gasteiger partial charge on any atom is 0.273 e. The average Bonchev–Trinajstić information content (AvgIpc) is 2.35. The molecule has 0 radical (unpaired) electrons. The van der Waals surface area contributed by atoms with E-state index in [-0.39, 0.29) is 11.6 Å². The summed E-state index contributed by atoms with van der Waals surface area (Å²) in [6.45, 7) is 0.974. The summed E-state index contributed by atoms with van der Waals surface area (Å²) in [6.07, 6.45) is 2.83. The largest absolute Gasteiger partial charge is 0.383 e. The van der Waals surface area contributed by atoms with Gasteiger partial charge in [0.25, 0.3) is 5.91 Å². The van der Waals surface area contributed by atoms with Gasteiger partial charge in [0.15, 0.2) is 5.82 Å². The first-order valence-corrected chi connectivity index (χ1v) is 4.72. The first kappa shape index (κ1) is 12.3. The Morgan fingerprint density at radius 3 is 3.00 bits per heavy atom. The monoisotopic (exact) mass is 225 g/mol. The summed E-state index contributed by atoms with van der Waals surface area (Å²) >= 11 is 0. The fourth-order valence-corrected chi connectivity index (χ4v) is 1.06. The van der Waals surface area contributed by atoms with E-state index in [0.29, 0.717) is 19.0 Å². The highest BCUT2D eigenvalue weighted by atomic mass is 16.5. The third-order valence-electron chi connectivity index (χ3n) is 1.98. The highest BCUT2D eigenvalue weighted by Gasteiger charge is 2.13. The predicted molar refractivity (Wildman–Crippen MR) is 58.7 cm³/mol. The maximum absolute atomic E-state index is 11.8. The number of nitrogens with one attached hydrogen (secondary N) is 1. The quantitative estimate of drug-likeness (QED) is 0.517. The number of hydrogen-bond acceptors (Lipinski definition) is 6. The van der Waals surface area contributed by atoms with Crippen LogP contribution in [0.3, 0.4) is 0 Å². The van der Waals surface area contributed by atoms with Crippen molar-refractivity contribution in [1.82, 2.24) is 14.9 Å². The van der Waals surface area contributed by atoms with Gasteiger partial charge in [-0.3, -0.25) is 9.78 Å². The number of carbonyl (C=O) groups excluding carboxylic acids is 1. The first-order chi connectivity index (χ1) is 7.69. The topological polar surface area (TPSA) is 93.4 Å². The zero-order chi connectivity index (χ0) is 12.0. The Balaban J connectivity index is 2.71.